The fraction of sp³-hybridized carbons (Fsp3) is 0.550. The summed E-state index contributed by atoms with van der Waals surface area (Å²) in [6.45, 7) is 10.5. The van der Waals surface area contributed by atoms with Crippen LogP contribution in [0.4, 0.5) is 5.95 Å². The van der Waals surface area contributed by atoms with E-state index >= 15 is 0 Å². The Morgan fingerprint density at radius 3 is 2.38 bits per heavy atom. The van der Waals surface area contributed by atoms with Gasteiger partial charge in [0.1, 0.15) is 0 Å². The number of hydrogen-bond acceptors (Lipinski definition) is 6. The minimum Gasteiger partial charge on any atom is -0.379 e. The van der Waals surface area contributed by atoms with Crippen molar-refractivity contribution in [3.63, 3.8) is 0 Å². The molecule has 0 aliphatic carbocycles. The third-order valence-corrected chi connectivity index (χ3v) is 4.91. The zero-order valence-corrected chi connectivity index (χ0v) is 16.0. The van der Waals surface area contributed by atoms with Crippen LogP contribution in [0.3, 0.4) is 0 Å². The SMILES string of the molecule is CCc1nnc(NCC(c2ccc(C)cc2)N2CCOCC2)nc1CC. The smallest absolute Gasteiger partial charge is 0.243 e. The van der Waals surface area contributed by atoms with E-state index in [0.29, 0.717) is 5.95 Å². The van der Waals surface area contributed by atoms with Crippen molar-refractivity contribution in [2.24, 2.45) is 0 Å². The van der Waals surface area contributed by atoms with Crippen LogP contribution in [0.2, 0.25) is 0 Å². The van der Waals surface area contributed by atoms with Gasteiger partial charge in [0.2, 0.25) is 5.95 Å². The van der Waals surface area contributed by atoms with Gasteiger partial charge in [-0.1, -0.05) is 43.7 Å². The van der Waals surface area contributed by atoms with Crippen molar-refractivity contribution in [3.8, 4) is 0 Å². The first-order valence-corrected chi connectivity index (χ1v) is 9.56. The first-order chi connectivity index (χ1) is 12.7. The Labute approximate surface area is 156 Å². The molecule has 1 N–H and O–H groups in total. The van der Waals surface area contributed by atoms with E-state index in [1.54, 1.807) is 0 Å². The van der Waals surface area contributed by atoms with Crippen LogP contribution in [-0.4, -0.2) is 52.9 Å². The van der Waals surface area contributed by atoms with Crippen molar-refractivity contribution in [2.45, 2.75) is 39.7 Å². The van der Waals surface area contributed by atoms with Crippen LogP contribution >= 0.6 is 0 Å². The summed E-state index contributed by atoms with van der Waals surface area (Å²) in [5, 5.41) is 12.0. The van der Waals surface area contributed by atoms with E-state index in [4.69, 9.17) is 4.74 Å². The molecular formula is C20H29N5O. The van der Waals surface area contributed by atoms with Crippen LogP contribution in [0.15, 0.2) is 24.3 Å². The van der Waals surface area contributed by atoms with Gasteiger partial charge in [-0.05, 0) is 25.3 Å². The summed E-state index contributed by atoms with van der Waals surface area (Å²) in [6, 6.07) is 9.04. The fourth-order valence-corrected chi connectivity index (χ4v) is 3.34. The number of anilines is 1. The maximum absolute atomic E-state index is 5.53. The zero-order valence-electron chi connectivity index (χ0n) is 16.0. The summed E-state index contributed by atoms with van der Waals surface area (Å²) in [4.78, 5) is 7.13. The summed E-state index contributed by atoms with van der Waals surface area (Å²) in [5.41, 5.74) is 4.60. The molecular weight excluding hydrogens is 326 g/mol. The molecule has 0 spiro atoms. The number of rotatable bonds is 7. The van der Waals surface area contributed by atoms with Gasteiger partial charge in [0.25, 0.3) is 0 Å². The molecule has 1 aromatic heterocycles. The van der Waals surface area contributed by atoms with Gasteiger partial charge in [-0.3, -0.25) is 4.90 Å². The van der Waals surface area contributed by atoms with Crippen LogP contribution in [0.25, 0.3) is 0 Å². The van der Waals surface area contributed by atoms with Gasteiger partial charge in [0, 0.05) is 19.6 Å². The molecule has 1 unspecified atom stereocenters. The second kappa shape index (κ2) is 9.05. The highest BCUT2D eigenvalue weighted by Gasteiger charge is 2.23. The maximum atomic E-state index is 5.53. The minimum absolute atomic E-state index is 0.263. The quantitative estimate of drug-likeness (QED) is 0.824. The third kappa shape index (κ3) is 4.56. The molecule has 1 atom stereocenters. The van der Waals surface area contributed by atoms with E-state index in [0.717, 1.165) is 57.1 Å². The Morgan fingerprint density at radius 1 is 1.04 bits per heavy atom. The summed E-state index contributed by atoms with van der Waals surface area (Å²) in [5.74, 6) is 0.615. The highest BCUT2D eigenvalue weighted by atomic mass is 16.5. The lowest BCUT2D eigenvalue weighted by Gasteiger charge is -2.35. The Bertz CT molecular complexity index is 698. The number of morpholine rings is 1. The van der Waals surface area contributed by atoms with E-state index in [1.807, 2.05) is 0 Å². The van der Waals surface area contributed by atoms with Crippen molar-refractivity contribution in [1.82, 2.24) is 20.1 Å². The van der Waals surface area contributed by atoms with Crippen LogP contribution in [0.5, 0.6) is 0 Å². The maximum Gasteiger partial charge on any atom is 0.243 e. The molecule has 1 aromatic carbocycles. The average molecular weight is 355 g/mol. The average Bonchev–Trinajstić information content (AvgIpc) is 2.70. The number of aryl methyl sites for hydroxylation is 3. The summed E-state index contributed by atoms with van der Waals surface area (Å²) < 4.78 is 5.53. The van der Waals surface area contributed by atoms with Crippen molar-refractivity contribution in [3.05, 3.63) is 46.8 Å². The van der Waals surface area contributed by atoms with Gasteiger partial charge >= 0.3 is 0 Å². The molecule has 0 radical (unpaired) electrons. The standard InChI is InChI=1S/C20H29N5O/c1-4-17-18(5-2)23-24-20(22-17)21-14-19(25-10-12-26-13-11-25)16-8-6-15(3)7-9-16/h6-9,19H,4-5,10-14H2,1-3H3,(H,21,22,24). The van der Waals surface area contributed by atoms with Gasteiger partial charge in [-0.15, -0.1) is 5.10 Å². The van der Waals surface area contributed by atoms with Gasteiger partial charge in [0.05, 0.1) is 30.6 Å². The second-order valence-corrected chi connectivity index (χ2v) is 6.69. The molecule has 1 saturated heterocycles. The molecule has 3 rings (SSSR count). The molecule has 0 saturated carbocycles. The lowest BCUT2D eigenvalue weighted by molar-refractivity contribution is 0.0187. The van der Waals surface area contributed by atoms with E-state index in [1.165, 1.54) is 11.1 Å². The highest BCUT2D eigenvalue weighted by Crippen LogP contribution is 2.23. The number of benzene rings is 1. The highest BCUT2D eigenvalue weighted by molar-refractivity contribution is 5.30. The number of hydrogen-bond donors (Lipinski definition) is 1. The molecule has 0 bridgehead atoms. The molecule has 140 valence electrons. The summed E-state index contributed by atoms with van der Waals surface area (Å²) in [6.07, 6.45) is 1.74. The van der Waals surface area contributed by atoms with Crippen LogP contribution in [-0.2, 0) is 17.6 Å². The zero-order chi connectivity index (χ0) is 18.4. The van der Waals surface area contributed by atoms with Gasteiger partial charge in [-0.2, -0.15) is 5.10 Å². The van der Waals surface area contributed by atoms with Crippen LogP contribution in [0.1, 0.15) is 42.4 Å². The van der Waals surface area contributed by atoms with Crippen LogP contribution in [0, 0.1) is 6.92 Å². The minimum atomic E-state index is 0.263. The lowest BCUT2D eigenvalue weighted by Crippen LogP contribution is -2.41. The molecule has 6 heteroatoms. The third-order valence-electron chi connectivity index (χ3n) is 4.91. The number of nitrogens with zero attached hydrogens (tertiary/aromatic N) is 4. The molecule has 26 heavy (non-hydrogen) atoms. The molecule has 1 aliphatic rings. The number of nitrogens with one attached hydrogen (secondary N) is 1. The Morgan fingerprint density at radius 2 is 1.73 bits per heavy atom. The second-order valence-electron chi connectivity index (χ2n) is 6.69. The fourth-order valence-electron chi connectivity index (χ4n) is 3.34. The van der Waals surface area contributed by atoms with Crippen molar-refractivity contribution in [2.75, 3.05) is 38.2 Å². The molecule has 1 aliphatic heterocycles. The predicted molar refractivity (Wildman–Crippen MR) is 103 cm³/mol. The first-order valence-electron chi connectivity index (χ1n) is 9.56. The topological polar surface area (TPSA) is 63.2 Å². The molecule has 1 fully saturated rings. The molecule has 6 nitrogen and oxygen atoms in total. The number of aromatic nitrogens is 3. The Hall–Kier alpha value is -2.05. The molecule has 0 amide bonds. The van der Waals surface area contributed by atoms with E-state index < -0.39 is 0 Å². The molecule has 2 aromatic rings. The lowest BCUT2D eigenvalue weighted by atomic mass is 10.0. The van der Waals surface area contributed by atoms with Crippen molar-refractivity contribution >= 4 is 5.95 Å². The van der Waals surface area contributed by atoms with Crippen LogP contribution < -0.4 is 5.32 Å². The number of ether oxygens (including phenoxy) is 1. The summed E-state index contributed by atoms with van der Waals surface area (Å²) >= 11 is 0. The van der Waals surface area contributed by atoms with Gasteiger partial charge < -0.3 is 10.1 Å². The Kier molecular flexibility index (Phi) is 6.52. The van der Waals surface area contributed by atoms with Crippen molar-refractivity contribution in [1.29, 1.82) is 0 Å². The van der Waals surface area contributed by atoms with E-state index in [2.05, 4.69) is 70.4 Å². The Balaban J connectivity index is 1.76. The van der Waals surface area contributed by atoms with Gasteiger partial charge in [-0.25, -0.2) is 4.98 Å². The normalized spacial score (nSPS) is 16.4. The van der Waals surface area contributed by atoms with E-state index in [-0.39, 0.29) is 6.04 Å². The predicted octanol–water partition coefficient (Wildman–Crippen LogP) is 2.79. The monoisotopic (exact) mass is 355 g/mol. The first kappa shape index (κ1) is 18.7. The molecule has 2 heterocycles. The van der Waals surface area contributed by atoms with E-state index in [9.17, 15) is 0 Å². The van der Waals surface area contributed by atoms with Gasteiger partial charge in [0.15, 0.2) is 0 Å². The van der Waals surface area contributed by atoms with Crippen molar-refractivity contribution < 1.29 is 4.74 Å². The largest absolute Gasteiger partial charge is 0.379 e. The summed E-state index contributed by atoms with van der Waals surface area (Å²) in [7, 11) is 0.